The van der Waals surface area contributed by atoms with Crippen molar-refractivity contribution in [2.24, 2.45) is 0 Å². The fourth-order valence-corrected chi connectivity index (χ4v) is 4.33. The van der Waals surface area contributed by atoms with Crippen molar-refractivity contribution >= 4 is 11.8 Å². The van der Waals surface area contributed by atoms with Crippen LogP contribution in [0.1, 0.15) is 23.1 Å². The van der Waals surface area contributed by atoms with Crippen molar-refractivity contribution in [2.75, 3.05) is 27.4 Å². The van der Waals surface area contributed by atoms with E-state index in [1.807, 2.05) is 72.8 Å². The highest BCUT2D eigenvalue weighted by molar-refractivity contribution is 5.88. The van der Waals surface area contributed by atoms with Crippen molar-refractivity contribution in [1.82, 2.24) is 10.2 Å². The predicted molar refractivity (Wildman–Crippen MR) is 137 cm³/mol. The molecular formula is C29H32N2O5. The maximum atomic E-state index is 13.7. The predicted octanol–water partition coefficient (Wildman–Crippen LogP) is 3.79. The van der Waals surface area contributed by atoms with E-state index < -0.39 is 6.04 Å². The fourth-order valence-electron chi connectivity index (χ4n) is 4.33. The summed E-state index contributed by atoms with van der Waals surface area (Å²) in [6.45, 7) is 1.34. The highest BCUT2D eigenvalue weighted by Gasteiger charge is 2.29. The highest BCUT2D eigenvalue weighted by Crippen LogP contribution is 2.31. The number of carbonyl (C=O) groups excluding carboxylic acids is 2. The molecule has 1 aliphatic rings. The lowest BCUT2D eigenvalue weighted by atomic mass is 10.0. The van der Waals surface area contributed by atoms with E-state index >= 15 is 0 Å². The van der Waals surface area contributed by atoms with Crippen LogP contribution in [0.25, 0.3) is 0 Å². The zero-order valence-corrected chi connectivity index (χ0v) is 20.7. The van der Waals surface area contributed by atoms with Crippen LogP contribution in [0.3, 0.4) is 0 Å². The van der Waals surface area contributed by atoms with Gasteiger partial charge in [-0.1, -0.05) is 48.5 Å². The summed E-state index contributed by atoms with van der Waals surface area (Å²) in [6.07, 6.45) is 1.20. The third-order valence-electron chi connectivity index (χ3n) is 6.24. The molecule has 0 aliphatic carbocycles. The largest absolute Gasteiger partial charge is 0.497 e. The van der Waals surface area contributed by atoms with Gasteiger partial charge in [0.05, 0.1) is 7.11 Å². The zero-order chi connectivity index (χ0) is 25.3. The smallest absolute Gasteiger partial charge is 0.242 e. The minimum Gasteiger partial charge on any atom is -0.497 e. The van der Waals surface area contributed by atoms with E-state index in [0.29, 0.717) is 44.1 Å². The zero-order valence-electron chi connectivity index (χ0n) is 20.7. The quantitative estimate of drug-likeness (QED) is 0.470. The van der Waals surface area contributed by atoms with E-state index in [1.54, 1.807) is 19.1 Å². The van der Waals surface area contributed by atoms with E-state index in [2.05, 4.69) is 5.32 Å². The first-order valence-corrected chi connectivity index (χ1v) is 12.1. The molecule has 0 unspecified atom stereocenters. The Morgan fingerprint density at radius 3 is 2.42 bits per heavy atom. The number of ether oxygens (including phenoxy) is 3. The van der Waals surface area contributed by atoms with Crippen molar-refractivity contribution < 1.29 is 23.8 Å². The van der Waals surface area contributed by atoms with Crippen molar-refractivity contribution in [3.05, 3.63) is 89.5 Å². The molecule has 4 rings (SSSR count). The summed E-state index contributed by atoms with van der Waals surface area (Å²) in [5.74, 6) is 1.83. The number of benzene rings is 3. The van der Waals surface area contributed by atoms with E-state index in [1.165, 1.54) is 0 Å². The second-order valence-electron chi connectivity index (χ2n) is 8.67. The third kappa shape index (κ3) is 6.36. The van der Waals surface area contributed by atoms with E-state index in [-0.39, 0.29) is 18.2 Å². The van der Waals surface area contributed by atoms with Crippen LogP contribution in [0.5, 0.6) is 17.2 Å². The van der Waals surface area contributed by atoms with Crippen molar-refractivity contribution in [2.45, 2.75) is 31.8 Å². The number of aryl methyl sites for hydroxylation is 1. The Labute approximate surface area is 212 Å². The molecule has 36 heavy (non-hydrogen) atoms. The SMILES string of the molecule is CNC(=O)[C@@H](Cc1ccccc1)N(Cc1cccc(OC)c1)C(=O)CCc1ccc2c(c1)OCCO2. The molecule has 0 fully saturated rings. The van der Waals surface area contributed by atoms with Crippen molar-refractivity contribution in [3.8, 4) is 17.2 Å². The fraction of sp³-hybridized carbons (Fsp3) is 0.310. The first kappa shape index (κ1) is 25.1. The van der Waals surface area contributed by atoms with E-state index in [4.69, 9.17) is 14.2 Å². The molecule has 7 nitrogen and oxygen atoms in total. The van der Waals surface area contributed by atoms with Gasteiger partial charge in [0.15, 0.2) is 11.5 Å². The number of rotatable bonds is 10. The van der Waals surface area contributed by atoms with Gasteiger partial charge in [0.2, 0.25) is 11.8 Å². The van der Waals surface area contributed by atoms with Gasteiger partial charge in [-0.3, -0.25) is 9.59 Å². The summed E-state index contributed by atoms with van der Waals surface area (Å²) in [6, 6.07) is 22.4. The minimum absolute atomic E-state index is 0.0998. The van der Waals surface area contributed by atoms with Gasteiger partial charge in [-0.25, -0.2) is 0 Å². The molecule has 2 amide bonds. The van der Waals surface area contributed by atoms with Gasteiger partial charge in [-0.15, -0.1) is 0 Å². The number of nitrogens with one attached hydrogen (secondary N) is 1. The van der Waals surface area contributed by atoms with Crippen LogP contribution in [0.2, 0.25) is 0 Å². The molecular weight excluding hydrogens is 456 g/mol. The van der Waals surface area contributed by atoms with Crippen LogP contribution in [0, 0.1) is 0 Å². The summed E-state index contributed by atoms with van der Waals surface area (Å²) < 4.78 is 16.7. The van der Waals surface area contributed by atoms with Gasteiger partial charge in [0.1, 0.15) is 25.0 Å². The molecule has 0 saturated carbocycles. The maximum Gasteiger partial charge on any atom is 0.242 e. The molecule has 1 N–H and O–H groups in total. The Morgan fingerprint density at radius 1 is 0.917 bits per heavy atom. The van der Waals surface area contributed by atoms with Crippen LogP contribution in [-0.4, -0.2) is 50.1 Å². The number of methoxy groups -OCH3 is 1. The maximum absolute atomic E-state index is 13.7. The Kier molecular flexibility index (Phi) is 8.44. The molecule has 0 saturated heterocycles. The van der Waals surface area contributed by atoms with Gasteiger partial charge in [0, 0.05) is 26.4 Å². The Balaban J connectivity index is 1.57. The van der Waals surface area contributed by atoms with Crippen molar-refractivity contribution in [3.63, 3.8) is 0 Å². The second-order valence-corrected chi connectivity index (χ2v) is 8.67. The Bertz CT molecular complexity index is 1180. The highest BCUT2D eigenvalue weighted by atomic mass is 16.6. The molecule has 0 bridgehead atoms. The number of fused-ring (bicyclic) bond motifs is 1. The molecule has 1 aliphatic heterocycles. The lowest BCUT2D eigenvalue weighted by molar-refractivity contribution is -0.141. The number of carbonyl (C=O) groups is 2. The van der Waals surface area contributed by atoms with E-state index in [0.717, 1.165) is 22.4 Å². The van der Waals surface area contributed by atoms with Gasteiger partial charge < -0.3 is 24.4 Å². The second kappa shape index (κ2) is 12.1. The molecule has 7 heteroatoms. The first-order valence-electron chi connectivity index (χ1n) is 12.1. The average molecular weight is 489 g/mol. The number of hydrogen-bond acceptors (Lipinski definition) is 5. The lowest BCUT2D eigenvalue weighted by Gasteiger charge is -2.31. The molecule has 1 heterocycles. The van der Waals surface area contributed by atoms with Gasteiger partial charge in [-0.2, -0.15) is 0 Å². The minimum atomic E-state index is -0.656. The Morgan fingerprint density at radius 2 is 1.67 bits per heavy atom. The van der Waals surface area contributed by atoms with Crippen molar-refractivity contribution in [1.29, 1.82) is 0 Å². The molecule has 0 spiro atoms. The molecule has 3 aromatic rings. The molecule has 0 aromatic heterocycles. The van der Waals surface area contributed by atoms with Crippen LogP contribution >= 0.6 is 0 Å². The van der Waals surface area contributed by atoms with Crippen LogP contribution < -0.4 is 19.5 Å². The third-order valence-corrected chi connectivity index (χ3v) is 6.24. The first-order chi connectivity index (χ1) is 17.6. The van der Waals surface area contributed by atoms with E-state index in [9.17, 15) is 9.59 Å². The number of amides is 2. The van der Waals surface area contributed by atoms with Crippen LogP contribution in [0.4, 0.5) is 0 Å². The number of hydrogen-bond donors (Lipinski definition) is 1. The summed E-state index contributed by atoms with van der Waals surface area (Å²) in [4.78, 5) is 28.4. The number of likely N-dealkylation sites (N-methyl/N-ethyl adjacent to an activating group) is 1. The van der Waals surface area contributed by atoms with Gasteiger partial charge in [-0.05, 0) is 47.4 Å². The summed E-state index contributed by atoms with van der Waals surface area (Å²) in [7, 11) is 3.21. The van der Waals surface area contributed by atoms with Crippen LogP contribution in [0.15, 0.2) is 72.8 Å². The Hall–Kier alpha value is -4.00. The summed E-state index contributed by atoms with van der Waals surface area (Å²) in [5.41, 5.74) is 2.86. The molecule has 1 atom stereocenters. The molecule has 0 radical (unpaired) electrons. The molecule has 3 aromatic carbocycles. The summed E-state index contributed by atoms with van der Waals surface area (Å²) >= 11 is 0. The number of nitrogens with zero attached hydrogens (tertiary/aromatic N) is 1. The lowest BCUT2D eigenvalue weighted by Crippen LogP contribution is -2.49. The standard InChI is InChI=1S/C29H32N2O5/c1-30-29(33)25(18-21-7-4-3-5-8-21)31(20-23-9-6-10-24(17-23)34-2)28(32)14-12-22-11-13-26-27(19-22)36-16-15-35-26/h3-11,13,17,19,25H,12,14-16,18,20H2,1-2H3,(H,30,33)/t25-/m1/s1. The molecule has 188 valence electrons. The van der Waals surface area contributed by atoms with Gasteiger partial charge in [0.25, 0.3) is 0 Å². The topological polar surface area (TPSA) is 77.1 Å². The monoisotopic (exact) mass is 488 g/mol. The van der Waals surface area contributed by atoms with Gasteiger partial charge >= 0.3 is 0 Å². The van der Waals surface area contributed by atoms with Crippen LogP contribution in [-0.2, 0) is 29.0 Å². The average Bonchev–Trinajstić information content (AvgIpc) is 2.93. The summed E-state index contributed by atoms with van der Waals surface area (Å²) in [5, 5.41) is 2.75. The normalized spacial score (nSPS) is 12.9.